The number of amides is 3. The summed E-state index contributed by atoms with van der Waals surface area (Å²) < 4.78 is 0. The molecular weight excluding hydrogens is 356 g/mol. The van der Waals surface area contributed by atoms with Crippen LogP contribution in [0.2, 0.25) is 0 Å². The van der Waals surface area contributed by atoms with Gasteiger partial charge in [0.1, 0.15) is 18.1 Å². The van der Waals surface area contributed by atoms with Crippen LogP contribution in [0.4, 0.5) is 0 Å². The van der Waals surface area contributed by atoms with E-state index in [9.17, 15) is 24.3 Å². The van der Waals surface area contributed by atoms with E-state index in [0.717, 1.165) is 0 Å². The fraction of sp³-hybridized carbons (Fsp3) is 0.765. The number of nitrogens with two attached hydrogens (primary N) is 1. The Morgan fingerprint density at radius 3 is 1.89 bits per heavy atom. The molecule has 3 amide bonds. The molecule has 5 unspecified atom stereocenters. The Morgan fingerprint density at radius 2 is 1.44 bits per heavy atom. The average Bonchev–Trinajstić information content (AvgIpc) is 2.65. The van der Waals surface area contributed by atoms with Gasteiger partial charge < -0.3 is 31.9 Å². The van der Waals surface area contributed by atoms with Gasteiger partial charge in [0.15, 0.2) is 0 Å². The average molecular weight is 388 g/mol. The van der Waals surface area contributed by atoms with Crippen LogP contribution in [0.15, 0.2) is 0 Å². The third-order valence-corrected chi connectivity index (χ3v) is 4.55. The van der Waals surface area contributed by atoms with Crippen molar-refractivity contribution in [3.05, 3.63) is 0 Å². The van der Waals surface area contributed by atoms with E-state index in [4.69, 9.17) is 10.8 Å². The van der Waals surface area contributed by atoms with E-state index in [1.165, 1.54) is 0 Å². The van der Waals surface area contributed by atoms with Crippen molar-refractivity contribution in [2.75, 3.05) is 13.2 Å². The van der Waals surface area contributed by atoms with Crippen molar-refractivity contribution in [1.82, 2.24) is 16.0 Å². The number of aliphatic hydroxyl groups is 1. The first kappa shape index (κ1) is 24.8. The zero-order valence-electron chi connectivity index (χ0n) is 16.3. The summed E-state index contributed by atoms with van der Waals surface area (Å²) in [4.78, 5) is 47.5. The molecule has 0 heterocycles. The Bertz CT molecular complexity index is 528. The third kappa shape index (κ3) is 8.35. The largest absolute Gasteiger partial charge is 0.480 e. The van der Waals surface area contributed by atoms with Gasteiger partial charge in [0.25, 0.3) is 0 Å². The van der Waals surface area contributed by atoms with Gasteiger partial charge in [-0.05, 0) is 11.8 Å². The summed E-state index contributed by atoms with van der Waals surface area (Å²) in [7, 11) is 0. The lowest BCUT2D eigenvalue weighted by Crippen LogP contribution is -2.56. The van der Waals surface area contributed by atoms with Crippen molar-refractivity contribution in [3.63, 3.8) is 0 Å². The van der Waals surface area contributed by atoms with Crippen molar-refractivity contribution in [2.45, 2.75) is 58.7 Å². The minimum atomic E-state index is -1.15. The van der Waals surface area contributed by atoms with Gasteiger partial charge in [-0.15, -0.1) is 0 Å². The van der Waals surface area contributed by atoms with E-state index in [1.807, 2.05) is 13.8 Å². The number of rotatable bonds is 12. The maximum absolute atomic E-state index is 12.4. The van der Waals surface area contributed by atoms with Crippen LogP contribution in [0.5, 0.6) is 0 Å². The lowest BCUT2D eigenvalue weighted by molar-refractivity contribution is -0.143. The second kappa shape index (κ2) is 12.2. The molecule has 0 saturated carbocycles. The van der Waals surface area contributed by atoms with E-state index in [2.05, 4.69) is 16.0 Å². The lowest BCUT2D eigenvalue weighted by atomic mass is 9.98. The second-order valence-electron chi connectivity index (χ2n) is 6.65. The fourth-order valence-electron chi connectivity index (χ4n) is 2.23. The molecule has 0 aromatic carbocycles. The highest BCUT2D eigenvalue weighted by atomic mass is 16.4. The van der Waals surface area contributed by atoms with Crippen molar-refractivity contribution in [2.24, 2.45) is 17.6 Å². The molecule has 5 atom stereocenters. The zero-order chi connectivity index (χ0) is 21.1. The minimum absolute atomic E-state index is 0.241. The van der Waals surface area contributed by atoms with Gasteiger partial charge in [0.05, 0.1) is 13.2 Å². The Balaban J connectivity index is 4.86. The highest BCUT2D eigenvalue weighted by molar-refractivity contribution is 5.92. The van der Waals surface area contributed by atoms with Gasteiger partial charge in [0, 0.05) is 0 Å². The van der Waals surface area contributed by atoms with Crippen LogP contribution in [-0.4, -0.2) is 65.2 Å². The molecule has 0 fully saturated rings. The molecule has 0 aromatic heterocycles. The first-order valence-corrected chi connectivity index (χ1v) is 9.05. The van der Waals surface area contributed by atoms with E-state index in [1.54, 1.807) is 13.8 Å². The van der Waals surface area contributed by atoms with Crippen LogP contribution >= 0.6 is 0 Å². The normalized spacial score (nSPS) is 16.4. The third-order valence-electron chi connectivity index (χ3n) is 4.55. The maximum atomic E-state index is 12.4. The minimum Gasteiger partial charge on any atom is -0.480 e. The Morgan fingerprint density at radius 1 is 0.926 bits per heavy atom. The Labute approximate surface area is 159 Å². The fourth-order valence-corrected chi connectivity index (χ4v) is 2.23. The first-order valence-electron chi connectivity index (χ1n) is 9.05. The van der Waals surface area contributed by atoms with Crippen LogP contribution in [0, 0.1) is 11.8 Å². The second-order valence-corrected chi connectivity index (χ2v) is 6.65. The van der Waals surface area contributed by atoms with Gasteiger partial charge in [0.2, 0.25) is 17.7 Å². The number of hydrogen-bond donors (Lipinski definition) is 6. The van der Waals surface area contributed by atoms with Crippen LogP contribution in [0.1, 0.15) is 40.5 Å². The number of carbonyl (C=O) groups is 4. The van der Waals surface area contributed by atoms with Crippen LogP contribution in [-0.2, 0) is 19.2 Å². The summed E-state index contributed by atoms with van der Waals surface area (Å²) in [5.74, 6) is -3.56. The SMILES string of the molecule is CCC(C)C(NC(=O)CNC(=O)C(NC(=O)C(N)CO)C(C)CC)C(=O)O. The van der Waals surface area contributed by atoms with Crippen LogP contribution in [0.3, 0.4) is 0 Å². The molecule has 10 heteroatoms. The summed E-state index contributed by atoms with van der Waals surface area (Å²) in [5, 5.41) is 25.4. The first-order chi connectivity index (χ1) is 12.6. The zero-order valence-corrected chi connectivity index (χ0v) is 16.3. The summed E-state index contributed by atoms with van der Waals surface area (Å²) in [5.41, 5.74) is 5.44. The van der Waals surface area contributed by atoms with E-state index < -0.39 is 55.0 Å². The predicted octanol–water partition coefficient (Wildman–Crippen LogP) is -1.43. The molecule has 156 valence electrons. The number of carboxylic acids is 1. The summed E-state index contributed by atoms with van der Waals surface area (Å²) >= 11 is 0. The molecule has 0 aliphatic carbocycles. The lowest BCUT2D eigenvalue weighted by Gasteiger charge is -2.25. The predicted molar refractivity (Wildman–Crippen MR) is 98.5 cm³/mol. The summed E-state index contributed by atoms with van der Waals surface area (Å²) in [6.07, 6.45) is 1.14. The number of carboxylic acid groups (broad SMARTS) is 1. The highest BCUT2D eigenvalue weighted by Gasteiger charge is 2.29. The molecule has 0 aliphatic rings. The Kier molecular flexibility index (Phi) is 11.2. The van der Waals surface area contributed by atoms with Gasteiger partial charge in [-0.25, -0.2) is 4.79 Å². The van der Waals surface area contributed by atoms with Crippen molar-refractivity contribution < 1.29 is 29.4 Å². The van der Waals surface area contributed by atoms with Crippen molar-refractivity contribution in [1.29, 1.82) is 0 Å². The van der Waals surface area contributed by atoms with Gasteiger partial charge in [-0.1, -0.05) is 40.5 Å². The molecule has 0 aliphatic heterocycles. The molecular formula is C17H32N4O6. The number of aliphatic hydroxyl groups excluding tert-OH is 1. The quantitative estimate of drug-likeness (QED) is 0.238. The highest BCUT2D eigenvalue weighted by Crippen LogP contribution is 2.09. The monoisotopic (exact) mass is 388 g/mol. The maximum Gasteiger partial charge on any atom is 0.326 e. The van der Waals surface area contributed by atoms with Crippen LogP contribution in [0.25, 0.3) is 0 Å². The van der Waals surface area contributed by atoms with Gasteiger partial charge in [-0.3, -0.25) is 14.4 Å². The van der Waals surface area contributed by atoms with E-state index in [0.29, 0.717) is 12.8 Å². The molecule has 0 aromatic rings. The van der Waals surface area contributed by atoms with Gasteiger partial charge >= 0.3 is 5.97 Å². The summed E-state index contributed by atoms with van der Waals surface area (Å²) in [6, 6.07) is -3.13. The molecule has 0 saturated heterocycles. The van der Waals surface area contributed by atoms with E-state index >= 15 is 0 Å². The summed E-state index contributed by atoms with van der Waals surface area (Å²) in [6.45, 7) is 6.11. The van der Waals surface area contributed by atoms with E-state index in [-0.39, 0.29) is 11.8 Å². The smallest absolute Gasteiger partial charge is 0.326 e. The van der Waals surface area contributed by atoms with Crippen molar-refractivity contribution in [3.8, 4) is 0 Å². The standard InChI is InChI=1S/C17H32N4O6/c1-5-9(3)13(21-15(24)11(18)8-22)16(25)19-7-12(23)20-14(17(26)27)10(4)6-2/h9-11,13-14,22H,5-8,18H2,1-4H3,(H,19,25)(H,20,23)(H,21,24)(H,26,27). The van der Waals surface area contributed by atoms with Crippen molar-refractivity contribution >= 4 is 23.7 Å². The van der Waals surface area contributed by atoms with Gasteiger partial charge in [-0.2, -0.15) is 0 Å². The molecule has 0 rings (SSSR count). The topological polar surface area (TPSA) is 171 Å². The van der Waals surface area contributed by atoms with Crippen LogP contribution < -0.4 is 21.7 Å². The molecule has 0 bridgehead atoms. The molecule has 0 spiro atoms. The molecule has 27 heavy (non-hydrogen) atoms. The molecule has 10 nitrogen and oxygen atoms in total. The molecule has 7 N–H and O–H groups in total. The molecule has 0 radical (unpaired) electrons. The number of nitrogens with one attached hydrogen (secondary N) is 3. The number of hydrogen-bond acceptors (Lipinski definition) is 6. The number of aliphatic carboxylic acids is 1. The Hall–Kier alpha value is -2.20. The number of carbonyl (C=O) groups excluding carboxylic acids is 3.